The highest BCUT2D eigenvalue weighted by atomic mass is 32.2. The van der Waals surface area contributed by atoms with Crippen LogP contribution in [0.5, 0.6) is 0 Å². The van der Waals surface area contributed by atoms with Crippen molar-refractivity contribution in [2.75, 3.05) is 16.3 Å². The number of hydrogen-bond donors (Lipinski definition) is 2. The van der Waals surface area contributed by atoms with Crippen molar-refractivity contribution >= 4 is 33.3 Å². The molecule has 2 N–H and O–H groups in total. The minimum absolute atomic E-state index is 0.307. The van der Waals surface area contributed by atoms with Gasteiger partial charge in [0, 0.05) is 17.8 Å². The van der Waals surface area contributed by atoms with Gasteiger partial charge in [-0.1, -0.05) is 18.2 Å². The Balaban J connectivity index is 1.68. The van der Waals surface area contributed by atoms with Gasteiger partial charge in [-0.25, -0.2) is 13.2 Å². The number of amides is 1. The summed E-state index contributed by atoms with van der Waals surface area (Å²) in [6.45, 7) is 0. The topological polar surface area (TPSA) is 102 Å². The van der Waals surface area contributed by atoms with Gasteiger partial charge in [-0.2, -0.15) is 0 Å². The zero-order valence-corrected chi connectivity index (χ0v) is 14.2. The molecule has 130 valence electrons. The maximum atomic E-state index is 12.3. The lowest BCUT2D eigenvalue weighted by atomic mass is 9.98. The zero-order valence-electron chi connectivity index (χ0n) is 13.4. The van der Waals surface area contributed by atoms with Crippen molar-refractivity contribution in [1.82, 2.24) is 0 Å². The summed E-state index contributed by atoms with van der Waals surface area (Å²) in [6.07, 6.45) is 0.454. The molecule has 0 bridgehead atoms. The number of nitrogens with one attached hydrogen (secondary N) is 2. The smallest absolute Gasteiger partial charge is 0.339 e. The minimum Gasteiger partial charge on any atom is -0.448 e. The standard InChI is InChI=1S/C17H16N2O5S/c1-25(22,23)19-13-8-6-12(7-9-13)18-16(20)15-10-11-4-2-3-5-14(11)17(21)24-15/h2-9,15,19H,10H2,1H3,(H,18,20). The van der Waals surface area contributed by atoms with E-state index in [0.29, 0.717) is 23.4 Å². The fraction of sp³-hybridized carbons (Fsp3) is 0.176. The van der Waals surface area contributed by atoms with Crippen LogP contribution in [0.1, 0.15) is 15.9 Å². The van der Waals surface area contributed by atoms with E-state index < -0.39 is 28.0 Å². The van der Waals surface area contributed by atoms with Crippen molar-refractivity contribution in [2.24, 2.45) is 0 Å². The SMILES string of the molecule is CS(=O)(=O)Nc1ccc(NC(=O)C2Cc3ccccc3C(=O)O2)cc1. The maximum absolute atomic E-state index is 12.3. The molecule has 7 nitrogen and oxygen atoms in total. The van der Waals surface area contributed by atoms with E-state index in [-0.39, 0.29) is 0 Å². The van der Waals surface area contributed by atoms with Crippen LogP contribution in [0.4, 0.5) is 11.4 Å². The van der Waals surface area contributed by atoms with Gasteiger partial charge in [-0.05, 0) is 35.9 Å². The van der Waals surface area contributed by atoms with E-state index in [1.54, 1.807) is 36.4 Å². The second kappa shape index (κ2) is 6.56. The Hall–Kier alpha value is -2.87. The van der Waals surface area contributed by atoms with Gasteiger partial charge in [0.1, 0.15) is 0 Å². The van der Waals surface area contributed by atoms with E-state index in [2.05, 4.69) is 10.0 Å². The first kappa shape index (κ1) is 17.0. The number of cyclic esters (lactones) is 1. The first-order valence-corrected chi connectivity index (χ1v) is 9.38. The fourth-order valence-electron chi connectivity index (χ4n) is 2.54. The van der Waals surface area contributed by atoms with Crippen LogP contribution in [0, 0.1) is 0 Å². The summed E-state index contributed by atoms with van der Waals surface area (Å²) in [4.78, 5) is 24.3. The molecule has 2 aromatic rings. The molecule has 0 aromatic heterocycles. The van der Waals surface area contributed by atoms with E-state index in [9.17, 15) is 18.0 Å². The number of ether oxygens (including phenoxy) is 1. The molecule has 2 aromatic carbocycles. The number of sulfonamides is 1. The van der Waals surface area contributed by atoms with Crippen molar-refractivity contribution in [3.8, 4) is 0 Å². The van der Waals surface area contributed by atoms with E-state index in [0.717, 1.165) is 11.8 Å². The highest BCUT2D eigenvalue weighted by Gasteiger charge is 2.31. The quantitative estimate of drug-likeness (QED) is 0.809. The number of carbonyl (C=O) groups is 2. The Morgan fingerprint density at radius 3 is 2.40 bits per heavy atom. The summed E-state index contributed by atoms with van der Waals surface area (Å²) in [5.41, 5.74) is 2.10. The largest absolute Gasteiger partial charge is 0.448 e. The van der Waals surface area contributed by atoms with E-state index in [1.807, 2.05) is 0 Å². The average Bonchev–Trinajstić information content (AvgIpc) is 2.55. The molecule has 1 unspecified atom stereocenters. The van der Waals surface area contributed by atoms with Crippen LogP contribution in [-0.4, -0.2) is 32.7 Å². The van der Waals surface area contributed by atoms with E-state index >= 15 is 0 Å². The fourth-order valence-corrected chi connectivity index (χ4v) is 3.10. The number of carbonyl (C=O) groups excluding carboxylic acids is 2. The predicted octanol–water partition coefficient (Wildman–Crippen LogP) is 1.78. The van der Waals surface area contributed by atoms with Crippen LogP contribution in [0.25, 0.3) is 0 Å². The number of anilines is 2. The molecule has 1 heterocycles. The van der Waals surface area contributed by atoms with Crippen molar-refractivity contribution in [3.05, 3.63) is 59.7 Å². The van der Waals surface area contributed by atoms with Crippen LogP contribution in [-0.2, 0) is 26.0 Å². The minimum atomic E-state index is -3.36. The summed E-state index contributed by atoms with van der Waals surface area (Å²) in [5, 5.41) is 2.66. The van der Waals surface area contributed by atoms with Crippen LogP contribution in [0.15, 0.2) is 48.5 Å². The van der Waals surface area contributed by atoms with Gasteiger partial charge >= 0.3 is 5.97 Å². The number of benzene rings is 2. The Morgan fingerprint density at radius 2 is 1.72 bits per heavy atom. The third-order valence-electron chi connectivity index (χ3n) is 3.64. The Morgan fingerprint density at radius 1 is 1.08 bits per heavy atom. The molecule has 0 spiro atoms. The summed E-state index contributed by atoms with van der Waals surface area (Å²) >= 11 is 0. The van der Waals surface area contributed by atoms with Gasteiger partial charge in [0.2, 0.25) is 10.0 Å². The molecule has 0 saturated heterocycles. The van der Waals surface area contributed by atoms with Gasteiger partial charge in [-0.15, -0.1) is 0 Å². The lowest BCUT2D eigenvalue weighted by molar-refractivity contribution is -0.125. The molecule has 0 aliphatic carbocycles. The molecule has 0 saturated carbocycles. The third-order valence-corrected chi connectivity index (χ3v) is 4.25. The monoisotopic (exact) mass is 360 g/mol. The Labute approximate surface area is 145 Å². The van der Waals surface area contributed by atoms with Crippen molar-refractivity contribution < 1.29 is 22.7 Å². The number of esters is 1. The molecule has 1 atom stereocenters. The maximum Gasteiger partial charge on any atom is 0.339 e. The summed E-state index contributed by atoms with van der Waals surface area (Å²) in [6, 6.07) is 13.2. The molecule has 8 heteroatoms. The molecule has 25 heavy (non-hydrogen) atoms. The number of rotatable bonds is 4. The van der Waals surface area contributed by atoms with Crippen molar-refractivity contribution in [1.29, 1.82) is 0 Å². The van der Waals surface area contributed by atoms with Gasteiger partial charge in [0.15, 0.2) is 6.10 Å². The normalized spacial score (nSPS) is 16.5. The van der Waals surface area contributed by atoms with Crippen LogP contribution in [0.2, 0.25) is 0 Å². The van der Waals surface area contributed by atoms with E-state index in [1.165, 1.54) is 12.1 Å². The lowest BCUT2D eigenvalue weighted by Gasteiger charge is -2.23. The predicted molar refractivity (Wildman–Crippen MR) is 92.9 cm³/mol. The first-order chi connectivity index (χ1) is 11.8. The van der Waals surface area contributed by atoms with Gasteiger partial charge < -0.3 is 10.1 Å². The second-order valence-corrected chi connectivity index (χ2v) is 7.44. The van der Waals surface area contributed by atoms with Gasteiger partial charge in [-0.3, -0.25) is 9.52 Å². The first-order valence-electron chi connectivity index (χ1n) is 7.49. The van der Waals surface area contributed by atoms with Gasteiger partial charge in [0.05, 0.1) is 11.8 Å². The van der Waals surface area contributed by atoms with Crippen molar-refractivity contribution in [2.45, 2.75) is 12.5 Å². The highest BCUT2D eigenvalue weighted by Crippen LogP contribution is 2.22. The lowest BCUT2D eigenvalue weighted by Crippen LogP contribution is -2.37. The average molecular weight is 360 g/mol. The summed E-state index contributed by atoms with van der Waals surface area (Å²) in [5.74, 6) is -0.957. The molecule has 0 radical (unpaired) electrons. The highest BCUT2D eigenvalue weighted by molar-refractivity contribution is 7.92. The van der Waals surface area contributed by atoms with Crippen LogP contribution >= 0.6 is 0 Å². The summed E-state index contributed by atoms with van der Waals surface area (Å²) in [7, 11) is -3.36. The number of fused-ring (bicyclic) bond motifs is 1. The molecule has 1 aliphatic heterocycles. The Bertz CT molecular complexity index is 922. The molecule has 0 fully saturated rings. The van der Waals surface area contributed by atoms with Crippen LogP contribution in [0.3, 0.4) is 0 Å². The third kappa shape index (κ3) is 4.16. The molecular weight excluding hydrogens is 344 g/mol. The van der Waals surface area contributed by atoms with Crippen LogP contribution < -0.4 is 10.0 Å². The molecule has 1 aliphatic rings. The number of hydrogen-bond acceptors (Lipinski definition) is 5. The van der Waals surface area contributed by atoms with Gasteiger partial charge in [0.25, 0.3) is 5.91 Å². The second-order valence-electron chi connectivity index (χ2n) is 5.70. The Kier molecular flexibility index (Phi) is 4.45. The molecular formula is C17H16N2O5S. The molecule has 3 rings (SSSR count). The zero-order chi connectivity index (χ0) is 18.0. The molecule has 1 amide bonds. The summed E-state index contributed by atoms with van der Waals surface area (Å²) < 4.78 is 29.9. The van der Waals surface area contributed by atoms with Crippen molar-refractivity contribution in [3.63, 3.8) is 0 Å². The van der Waals surface area contributed by atoms with E-state index in [4.69, 9.17) is 4.74 Å².